The Kier molecular flexibility index (Phi) is 1.68. The molecule has 0 spiro atoms. The van der Waals surface area contributed by atoms with Crippen LogP contribution in [0, 0.1) is 5.82 Å². The van der Waals surface area contributed by atoms with Gasteiger partial charge in [-0.1, -0.05) is 0 Å². The minimum Gasteiger partial charge on any atom is -0.356 e. The van der Waals surface area contributed by atoms with Crippen LogP contribution in [0.25, 0.3) is 5.52 Å². The number of rotatable bonds is 1. The van der Waals surface area contributed by atoms with Gasteiger partial charge in [-0.15, -0.1) is 5.10 Å². The van der Waals surface area contributed by atoms with Gasteiger partial charge in [0.25, 0.3) is 0 Å². The molecule has 0 atom stereocenters. The molecule has 2 heterocycles. The van der Waals surface area contributed by atoms with E-state index in [-0.39, 0.29) is 11.1 Å². The minimum absolute atomic E-state index is 0.256. The lowest BCUT2D eigenvalue weighted by Gasteiger charge is -1.99. The summed E-state index contributed by atoms with van der Waals surface area (Å²) in [5, 5.41) is 6.68. The first kappa shape index (κ1) is 8.03. The average molecular weight is 176 g/mol. The van der Waals surface area contributed by atoms with Crippen LogP contribution in [0.15, 0.2) is 12.3 Å². The molecule has 0 bridgehead atoms. The first-order valence-corrected chi connectivity index (χ1v) is 3.70. The number of hydrogen-bond acceptors (Lipinski definition) is 3. The third-order valence-corrected chi connectivity index (χ3v) is 1.72. The summed E-state index contributed by atoms with van der Waals surface area (Å²) >= 11 is 0. The maximum atomic E-state index is 13.0. The maximum absolute atomic E-state index is 13.0. The van der Waals surface area contributed by atoms with E-state index < -0.39 is 5.82 Å². The van der Waals surface area contributed by atoms with E-state index in [2.05, 4.69) is 15.4 Å². The summed E-state index contributed by atoms with van der Waals surface area (Å²) in [6.07, 6.45) is 1.38. The third kappa shape index (κ3) is 1.14. The van der Waals surface area contributed by atoms with Crippen LogP contribution in [0.5, 0.6) is 0 Å². The lowest BCUT2D eigenvalue weighted by atomic mass is 10.1. The Morgan fingerprint density at radius 1 is 1.62 bits per heavy atom. The van der Waals surface area contributed by atoms with Gasteiger partial charge >= 0.3 is 0 Å². The summed E-state index contributed by atoms with van der Waals surface area (Å²) in [6.45, 7) is 0. The van der Waals surface area contributed by atoms with Gasteiger partial charge in [0.2, 0.25) is 5.95 Å². The monoisotopic (exact) mass is 176 g/mol. The van der Waals surface area contributed by atoms with Crippen molar-refractivity contribution in [3.8, 4) is 0 Å². The van der Waals surface area contributed by atoms with E-state index in [0.717, 1.165) is 0 Å². The predicted octanol–water partition coefficient (Wildman–Crippen LogP) is -0.296. The molecule has 6 heteroatoms. The molecule has 2 aromatic heterocycles. The molecule has 2 rings (SSSR count). The van der Waals surface area contributed by atoms with Crippen LogP contribution in [-0.4, -0.2) is 29.5 Å². The lowest BCUT2D eigenvalue weighted by Crippen LogP contribution is -2.13. The van der Waals surface area contributed by atoms with E-state index in [1.165, 1.54) is 16.8 Å². The van der Waals surface area contributed by atoms with Crippen molar-refractivity contribution < 1.29 is 4.39 Å². The highest BCUT2D eigenvalue weighted by atomic mass is 19.1. The van der Waals surface area contributed by atoms with Crippen LogP contribution in [0.1, 0.15) is 0 Å². The Bertz CT molecular complexity index is 453. The van der Waals surface area contributed by atoms with Crippen LogP contribution in [0.4, 0.5) is 10.3 Å². The number of nitrogens with one attached hydrogen (secondary N) is 1. The second-order valence-electron chi connectivity index (χ2n) is 2.55. The molecular weight excluding hydrogens is 170 g/mol. The normalized spacial score (nSPS) is 10.6. The second kappa shape index (κ2) is 2.72. The van der Waals surface area contributed by atoms with Crippen molar-refractivity contribution >= 4 is 24.9 Å². The van der Waals surface area contributed by atoms with Crippen molar-refractivity contribution in [1.82, 2.24) is 14.6 Å². The molecule has 0 unspecified atom stereocenters. The number of hydrogen-bond donors (Lipinski definition) is 1. The molecule has 0 aliphatic rings. The van der Waals surface area contributed by atoms with Gasteiger partial charge in [-0.2, -0.15) is 0 Å². The van der Waals surface area contributed by atoms with Crippen molar-refractivity contribution in [3.05, 3.63) is 18.1 Å². The Morgan fingerprint density at radius 2 is 2.38 bits per heavy atom. The average Bonchev–Trinajstić information content (AvgIpc) is 2.42. The molecule has 0 aliphatic heterocycles. The third-order valence-electron chi connectivity index (χ3n) is 1.72. The van der Waals surface area contributed by atoms with Gasteiger partial charge in [0, 0.05) is 7.05 Å². The zero-order chi connectivity index (χ0) is 9.42. The molecule has 0 saturated carbocycles. The van der Waals surface area contributed by atoms with Crippen LogP contribution in [-0.2, 0) is 0 Å². The van der Waals surface area contributed by atoms with Gasteiger partial charge in [0.1, 0.15) is 13.4 Å². The van der Waals surface area contributed by atoms with Crippen molar-refractivity contribution in [1.29, 1.82) is 0 Å². The van der Waals surface area contributed by atoms with Crippen molar-refractivity contribution in [2.24, 2.45) is 0 Å². The molecule has 0 amide bonds. The van der Waals surface area contributed by atoms with Gasteiger partial charge in [-0.05, 0) is 11.7 Å². The largest absolute Gasteiger partial charge is 0.356 e. The second-order valence-corrected chi connectivity index (χ2v) is 2.55. The minimum atomic E-state index is -0.417. The Morgan fingerprint density at radius 3 is 3.08 bits per heavy atom. The number of fused-ring (bicyclic) bond motifs is 1. The molecule has 0 fully saturated rings. The van der Waals surface area contributed by atoms with Crippen molar-refractivity contribution in [2.45, 2.75) is 0 Å². The topological polar surface area (TPSA) is 42.2 Å². The van der Waals surface area contributed by atoms with Crippen LogP contribution in [0.2, 0.25) is 0 Å². The van der Waals surface area contributed by atoms with Crippen LogP contribution < -0.4 is 10.9 Å². The standard InChI is InChI=1S/C7H6BFN4/c1-10-7-11-3-5-4(9)2-6(8)13(5)12-7/h2-3H,1H3,(H,10,12). The zero-order valence-corrected chi connectivity index (χ0v) is 6.95. The SMILES string of the molecule is [B]c1cc(F)c2cnc(NC)nn12. The van der Waals surface area contributed by atoms with Gasteiger partial charge in [0.05, 0.1) is 6.20 Å². The summed E-state index contributed by atoms with van der Waals surface area (Å²) < 4.78 is 14.3. The van der Waals surface area contributed by atoms with Crippen LogP contribution >= 0.6 is 0 Å². The smallest absolute Gasteiger partial charge is 0.240 e. The van der Waals surface area contributed by atoms with Crippen LogP contribution in [0.3, 0.4) is 0 Å². The summed E-state index contributed by atoms with van der Waals surface area (Å²) in [5.41, 5.74) is 0.530. The van der Waals surface area contributed by atoms with E-state index in [4.69, 9.17) is 7.85 Å². The molecule has 13 heavy (non-hydrogen) atoms. The molecule has 1 N–H and O–H groups in total. The summed E-state index contributed by atoms with van der Waals surface area (Å²) in [5.74, 6) is -0.0186. The summed E-state index contributed by atoms with van der Waals surface area (Å²) in [7, 11) is 7.18. The predicted molar refractivity (Wildman–Crippen MR) is 47.9 cm³/mol. The van der Waals surface area contributed by atoms with Gasteiger partial charge < -0.3 is 5.32 Å². The highest BCUT2D eigenvalue weighted by Gasteiger charge is 2.06. The van der Waals surface area contributed by atoms with E-state index in [1.807, 2.05) is 0 Å². The first-order valence-electron chi connectivity index (χ1n) is 3.70. The van der Waals surface area contributed by atoms with Crippen molar-refractivity contribution in [2.75, 3.05) is 12.4 Å². The molecule has 64 valence electrons. The number of anilines is 1. The Hall–Kier alpha value is -1.59. The van der Waals surface area contributed by atoms with E-state index >= 15 is 0 Å². The van der Waals surface area contributed by atoms with Crippen molar-refractivity contribution in [3.63, 3.8) is 0 Å². The number of halogens is 1. The van der Waals surface area contributed by atoms with Gasteiger partial charge in [0.15, 0.2) is 5.82 Å². The summed E-state index contributed by atoms with van der Waals surface area (Å²) in [6, 6.07) is 1.21. The molecule has 0 aliphatic carbocycles. The lowest BCUT2D eigenvalue weighted by molar-refractivity contribution is 0.638. The zero-order valence-electron chi connectivity index (χ0n) is 6.95. The highest BCUT2D eigenvalue weighted by Crippen LogP contribution is 2.06. The fraction of sp³-hybridized carbons (Fsp3) is 0.143. The van der Waals surface area contributed by atoms with E-state index in [1.54, 1.807) is 7.05 Å². The van der Waals surface area contributed by atoms with Gasteiger partial charge in [-0.25, -0.2) is 13.9 Å². The first-order chi connectivity index (χ1) is 6.22. The fourth-order valence-corrected chi connectivity index (χ4v) is 1.09. The van der Waals surface area contributed by atoms with Gasteiger partial charge in [-0.3, -0.25) is 0 Å². The highest BCUT2D eigenvalue weighted by molar-refractivity contribution is 6.31. The van der Waals surface area contributed by atoms with E-state index in [0.29, 0.717) is 5.95 Å². The molecule has 0 aromatic carbocycles. The van der Waals surface area contributed by atoms with E-state index in [9.17, 15) is 4.39 Å². The quantitative estimate of drug-likeness (QED) is 0.606. The number of aromatic nitrogens is 3. The Balaban J connectivity index is 2.76. The molecule has 4 nitrogen and oxygen atoms in total. The Labute approximate surface area is 75.2 Å². The molecule has 2 aromatic rings. The summed E-state index contributed by atoms with van der Waals surface area (Å²) in [4.78, 5) is 3.86. The fourth-order valence-electron chi connectivity index (χ4n) is 1.09. The molecule has 0 saturated heterocycles. The molecular formula is C7H6BFN4. The number of nitrogens with zero attached hydrogens (tertiary/aromatic N) is 3. The molecule has 2 radical (unpaired) electrons. The maximum Gasteiger partial charge on any atom is 0.240 e.